The Morgan fingerprint density at radius 1 is 1.50 bits per heavy atom. The third kappa shape index (κ3) is 0.868. The van der Waals surface area contributed by atoms with Gasteiger partial charge in [0.2, 0.25) is 0 Å². The van der Waals surface area contributed by atoms with E-state index in [9.17, 15) is 9.18 Å². The molecular weight excluding hydrogens is 163 g/mol. The molecule has 0 aliphatic carbocycles. The fourth-order valence-electron chi connectivity index (χ4n) is 1.04. The topological polar surface area (TPSA) is 72.0 Å². The van der Waals surface area contributed by atoms with E-state index in [0.717, 1.165) is 6.07 Å². The number of benzene rings is 1. The molecule has 12 heavy (non-hydrogen) atoms. The SMILES string of the molecule is Nc1cc(F)c2oc(=O)[nH]c2c1. The summed E-state index contributed by atoms with van der Waals surface area (Å²) < 4.78 is 17.4. The zero-order valence-corrected chi connectivity index (χ0v) is 5.93. The van der Waals surface area contributed by atoms with Crippen LogP contribution in [-0.4, -0.2) is 4.98 Å². The molecule has 0 atom stereocenters. The van der Waals surface area contributed by atoms with E-state index in [1.165, 1.54) is 6.07 Å². The standard InChI is InChI=1S/C7H5FN2O2/c8-4-1-3(9)2-5-6(4)12-7(11)10-5/h1-2H,9H2,(H,10,11). The van der Waals surface area contributed by atoms with Crippen LogP contribution < -0.4 is 11.5 Å². The molecule has 0 bridgehead atoms. The van der Waals surface area contributed by atoms with Gasteiger partial charge >= 0.3 is 5.76 Å². The number of nitrogens with two attached hydrogens (primary N) is 1. The van der Waals surface area contributed by atoms with Crippen molar-refractivity contribution in [2.75, 3.05) is 5.73 Å². The smallest absolute Gasteiger partial charge is 0.405 e. The number of hydrogen-bond donors (Lipinski definition) is 2. The number of aromatic amines is 1. The zero-order chi connectivity index (χ0) is 8.72. The van der Waals surface area contributed by atoms with Crippen LogP contribution in [0, 0.1) is 5.82 Å². The highest BCUT2D eigenvalue weighted by Gasteiger charge is 2.07. The maximum absolute atomic E-state index is 12.9. The van der Waals surface area contributed by atoms with E-state index < -0.39 is 11.6 Å². The minimum atomic E-state index is -0.686. The molecular formula is C7H5FN2O2. The molecule has 0 saturated carbocycles. The van der Waals surface area contributed by atoms with Crippen LogP contribution in [0.2, 0.25) is 0 Å². The largest absolute Gasteiger partial charge is 0.417 e. The molecule has 2 aromatic rings. The molecule has 0 amide bonds. The summed E-state index contributed by atoms with van der Waals surface area (Å²) in [5.74, 6) is -1.32. The van der Waals surface area contributed by atoms with Crippen molar-refractivity contribution in [2.45, 2.75) is 0 Å². The third-order valence-corrected chi connectivity index (χ3v) is 1.50. The lowest BCUT2D eigenvalue weighted by molar-refractivity contribution is 0.523. The maximum Gasteiger partial charge on any atom is 0.417 e. The monoisotopic (exact) mass is 168 g/mol. The van der Waals surface area contributed by atoms with Gasteiger partial charge in [-0.2, -0.15) is 0 Å². The van der Waals surface area contributed by atoms with Crippen molar-refractivity contribution in [3.63, 3.8) is 0 Å². The normalized spacial score (nSPS) is 10.8. The quantitative estimate of drug-likeness (QED) is 0.572. The Balaban J connectivity index is 2.97. The van der Waals surface area contributed by atoms with Gasteiger partial charge in [-0.1, -0.05) is 0 Å². The summed E-state index contributed by atoms with van der Waals surface area (Å²) in [5.41, 5.74) is 5.76. The Morgan fingerprint density at radius 3 is 3.00 bits per heavy atom. The summed E-state index contributed by atoms with van der Waals surface area (Å²) in [7, 11) is 0. The Bertz CT molecular complexity index is 486. The molecule has 0 spiro atoms. The number of oxazole rings is 1. The zero-order valence-electron chi connectivity index (χ0n) is 5.93. The number of anilines is 1. The first kappa shape index (κ1) is 6.90. The van der Waals surface area contributed by atoms with Crippen LogP contribution in [0.3, 0.4) is 0 Å². The van der Waals surface area contributed by atoms with Gasteiger partial charge in [0.15, 0.2) is 11.4 Å². The van der Waals surface area contributed by atoms with Crippen LogP contribution in [0.15, 0.2) is 21.3 Å². The molecule has 3 N–H and O–H groups in total. The van der Waals surface area contributed by atoms with Crippen LogP contribution in [0.1, 0.15) is 0 Å². The molecule has 62 valence electrons. The second kappa shape index (κ2) is 2.10. The van der Waals surface area contributed by atoms with Crippen LogP contribution in [-0.2, 0) is 0 Å². The van der Waals surface area contributed by atoms with E-state index >= 15 is 0 Å². The molecule has 0 unspecified atom stereocenters. The fraction of sp³-hybridized carbons (Fsp3) is 0. The number of nitrogen functional groups attached to an aromatic ring is 1. The van der Waals surface area contributed by atoms with Crippen LogP contribution >= 0.6 is 0 Å². The molecule has 5 heteroatoms. The molecule has 0 aliphatic rings. The van der Waals surface area contributed by atoms with Crippen molar-refractivity contribution in [1.82, 2.24) is 4.98 Å². The summed E-state index contributed by atoms with van der Waals surface area (Å²) in [6, 6.07) is 2.53. The Hall–Kier alpha value is -1.78. The summed E-state index contributed by atoms with van der Waals surface area (Å²) >= 11 is 0. The molecule has 1 aromatic carbocycles. The molecule has 2 rings (SSSR count). The van der Waals surface area contributed by atoms with Gasteiger partial charge in [0.05, 0.1) is 5.52 Å². The summed E-state index contributed by atoms with van der Waals surface area (Å²) in [4.78, 5) is 12.9. The summed E-state index contributed by atoms with van der Waals surface area (Å²) in [6.07, 6.45) is 0. The number of rotatable bonds is 0. The minimum absolute atomic E-state index is 0.0887. The van der Waals surface area contributed by atoms with E-state index in [2.05, 4.69) is 9.40 Å². The van der Waals surface area contributed by atoms with Crippen molar-refractivity contribution >= 4 is 16.8 Å². The Kier molecular flexibility index (Phi) is 1.21. The van der Waals surface area contributed by atoms with Gasteiger partial charge < -0.3 is 10.2 Å². The van der Waals surface area contributed by atoms with E-state index in [-0.39, 0.29) is 16.8 Å². The van der Waals surface area contributed by atoms with Gasteiger partial charge in [0.25, 0.3) is 0 Å². The maximum atomic E-state index is 12.9. The van der Waals surface area contributed by atoms with Crippen molar-refractivity contribution in [3.8, 4) is 0 Å². The van der Waals surface area contributed by atoms with Crippen molar-refractivity contribution in [2.24, 2.45) is 0 Å². The van der Waals surface area contributed by atoms with Gasteiger partial charge in [-0.15, -0.1) is 0 Å². The average Bonchev–Trinajstić information content (AvgIpc) is 2.29. The highest BCUT2D eigenvalue weighted by atomic mass is 19.1. The number of nitrogens with one attached hydrogen (secondary N) is 1. The lowest BCUT2D eigenvalue weighted by atomic mass is 10.3. The van der Waals surface area contributed by atoms with Gasteiger partial charge in [-0.05, 0) is 6.07 Å². The van der Waals surface area contributed by atoms with E-state index in [1.807, 2.05) is 0 Å². The number of hydrogen-bond acceptors (Lipinski definition) is 3. The van der Waals surface area contributed by atoms with Gasteiger partial charge in [0.1, 0.15) is 0 Å². The highest BCUT2D eigenvalue weighted by molar-refractivity contribution is 5.76. The molecule has 0 radical (unpaired) electrons. The van der Waals surface area contributed by atoms with Crippen LogP contribution in [0.4, 0.5) is 10.1 Å². The minimum Gasteiger partial charge on any atom is -0.405 e. The number of fused-ring (bicyclic) bond motifs is 1. The number of halogens is 1. The molecule has 4 nitrogen and oxygen atoms in total. The van der Waals surface area contributed by atoms with E-state index in [4.69, 9.17) is 5.73 Å². The van der Waals surface area contributed by atoms with Gasteiger partial charge in [-0.3, -0.25) is 4.98 Å². The first-order valence-electron chi connectivity index (χ1n) is 3.24. The van der Waals surface area contributed by atoms with E-state index in [1.54, 1.807) is 0 Å². The summed E-state index contributed by atoms with van der Waals surface area (Å²) in [5, 5.41) is 0. The summed E-state index contributed by atoms with van der Waals surface area (Å²) in [6.45, 7) is 0. The number of aromatic nitrogens is 1. The molecule has 1 heterocycles. The lowest BCUT2D eigenvalue weighted by Gasteiger charge is -1.92. The second-order valence-electron chi connectivity index (χ2n) is 2.39. The first-order chi connectivity index (χ1) is 5.66. The molecule has 1 aromatic heterocycles. The van der Waals surface area contributed by atoms with Gasteiger partial charge in [-0.25, -0.2) is 9.18 Å². The van der Waals surface area contributed by atoms with Crippen molar-refractivity contribution in [1.29, 1.82) is 0 Å². The molecule has 0 aliphatic heterocycles. The lowest BCUT2D eigenvalue weighted by Crippen LogP contribution is -1.93. The predicted molar refractivity (Wildman–Crippen MR) is 41.2 cm³/mol. The van der Waals surface area contributed by atoms with Crippen molar-refractivity contribution < 1.29 is 8.81 Å². The highest BCUT2D eigenvalue weighted by Crippen LogP contribution is 2.17. The first-order valence-corrected chi connectivity index (χ1v) is 3.24. The predicted octanol–water partition coefficient (Wildman–Crippen LogP) is 0.842. The van der Waals surface area contributed by atoms with Gasteiger partial charge in [0, 0.05) is 11.8 Å². The van der Waals surface area contributed by atoms with Crippen molar-refractivity contribution in [3.05, 3.63) is 28.5 Å². The average molecular weight is 168 g/mol. The second-order valence-corrected chi connectivity index (χ2v) is 2.39. The fourth-order valence-corrected chi connectivity index (χ4v) is 1.04. The number of H-pyrrole nitrogens is 1. The Morgan fingerprint density at radius 2 is 2.25 bits per heavy atom. The Labute approximate surface area is 65.8 Å². The van der Waals surface area contributed by atoms with E-state index in [0.29, 0.717) is 0 Å². The third-order valence-electron chi connectivity index (χ3n) is 1.50. The molecule has 0 saturated heterocycles. The van der Waals surface area contributed by atoms with Crippen LogP contribution in [0.5, 0.6) is 0 Å². The van der Waals surface area contributed by atoms with Crippen LogP contribution in [0.25, 0.3) is 11.1 Å². The molecule has 0 fully saturated rings.